The first-order valence-corrected chi connectivity index (χ1v) is 5.95. The maximum Gasteiger partial charge on any atom is 0.316 e. The van der Waals surface area contributed by atoms with Crippen molar-refractivity contribution in [2.24, 2.45) is 0 Å². The molecule has 1 rings (SSSR count). The van der Waals surface area contributed by atoms with E-state index in [0.29, 0.717) is 11.3 Å². The molecule has 1 unspecified atom stereocenters. The zero-order chi connectivity index (χ0) is 13.7. The maximum absolute atomic E-state index is 10.9. The van der Waals surface area contributed by atoms with E-state index in [1.165, 1.54) is 18.2 Å². The van der Waals surface area contributed by atoms with Crippen molar-refractivity contribution in [1.29, 1.82) is 5.26 Å². The van der Waals surface area contributed by atoms with Gasteiger partial charge in [0.05, 0.1) is 4.92 Å². The van der Waals surface area contributed by atoms with Crippen LogP contribution in [0.2, 0.25) is 0 Å². The van der Waals surface area contributed by atoms with Crippen LogP contribution >= 0.6 is 11.8 Å². The van der Waals surface area contributed by atoms with E-state index >= 15 is 0 Å². The molecule has 94 valence electrons. The van der Waals surface area contributed by atoms with Crippen molar-refractivity contribution in [2.45, 2.75) is 23.5 Å². The molecule has 0 aliphatic carbocycles. The van der Waals surface area contributed by atoms with E-state index in [1.807, 2.05) is 0 Å². The fourth-order valence-corrected chi connectivity index (χ4v) is 2.24. The van der Waals surface area contributed by atoms with Crippen molar-refractivity contribution in [3.05, 3.63) is 33.9 Å². The number of rotatable bonds is 5. The average molecular weight is 266 g/mol. The molecule has 7 heteroatoms. The number of nitrogens with zero attached hydrogens (tertiary/aromatic N) is 2. The lowest BCUT2D eigenvalue weighted by Gasteiger charge is -2.09. The van der Waals surface area contributed by atoms with Gasteiger partial charge in [0.15, 0.2) is 0 Å². The number of carboxylic acid groups (broad SMARTS) is 1. The van der Waals surface area contributed by atoms with Crippen molar-refractivity contribution in [3.63, 3.8) is 0 Å². The quantitative estimate of drug-likeness (QED) is 0.498. The van der Waals surface area contributed by atoms with Crippen molar-refractivity contribution >= 4 is 23.4 Å². The predicted octanol–water partition coefficient (Wildman–Crippen LogP) is 2.42. The number of thioether (sulfide) groups is 1. The molecule has 1 aromatic carbocycles. The van der Waals surface area contributed by atoms with Gasteiger partial charge in [0, 0.05) is 11.0 Å². The summed E-state index contributed by atoms with van der Waals surface area (Å²) in [6.45, 7) is 1.74. The highest BCUT2D eigenvalue weighted by atomic mass is 32.2. The lowest BCUT2D eigenvalue weighted by Crippen LogP contribution is -2.14. The summed E-state index contributed by atoms with van der Waals surface area (Å²) in [5, 5.41) is 27.7. The Balaban J connectivity index is 3.03. The Bertz CT molecular complexity index is 524. The first-order chi connectivity index (χ1) is 8.49. The fraction of sp³-hybridized carbons (Fsp3) is 0.273. The Morgan fingerprint density at radius 1 is 1.67 bits per heavy atom. The molecular formula is C11H10N2O4S. The van der Waals surface area contributed by atoms with Gasteiger partial charge in [-0.15, -0.1) is 11.8 Å². The van der Waals surface area contributed by atoms with Gasteiger partial charge in [-0.1, -0.05) is 6.92 Å². The minimum atomic E-state index is -0.945. The highest BCUT2D eigenvalue weighted by Crippen LogP contribution is 2.29. The molecule has 0 heterocycles. The second-order valence-electron chi connectivity index (χ2n) is 3.40. The molecule has 0 saturated heterocycles. The molecule has 0 amide bonds. The minimum Gasteiger partial charge on any atom is -0.480 e. The Labute approximate surface area is 107 Å². The number of nitro benzene ring substituents is 1. The molecule has 0 aromatic heterocycles. The lowest BCUT2D eigenvalue weighted by molar-refractivity contribution is -0.385. The molecule has 0 spiro atoms. The van der Waals surface area contributed by atoms with Crippen LogP contribution in [0.15, 0.2) is 23.1 Å². The van der Waals surface area contributed by atoms with Gasteiger partial charge >= 0.3 is 5.97 Å². The molecule has 1 N–H and O–H groups in total. The molecular weight excluding hydrogens is 256 g/mol. The van der Waals surface area contributed by atoms with E-state index in [1.54, 1.807) is 13.0 Å². The third-order valence-corrected chi connectivity index (χ3v) is 3.56. The molecule has 0 bridgehead atoms. The number of carboxylic acids is 1. The Kier molecular flexibility index (Phi) is 4.68. The Morgan fingerprint density at radius 3 is 2.78 bits per heavy atom. The molecule has 6 nitrogen and oxygen atoms in total. The molecule has 1 atom stereocenters. The zero-order valence-electron chi connectivity index (χ0n) is 9.49. The van der Waals surface area contributed by atoms with Crippen LogP contribution in [0.3, 0.4) is 0 Å². The van der Waals surface area contributed by atoms with Crippen LogP contribution in [0.1, 0.15) is 18.9 Å². The van der Waals surface area contributed by atoms with E-state index in [9.17, 15) is 14.9 Å². The van der Waals surface area contributed by atoms with Gasteiger partial charge in [0.25, 0.3) is 5.69 Å². The zero-order valence-corrected chi connectivity index (χ0v) is 10.3. The first-order valence-electron chi connectivity index (χ1n) is 5.07. The van der Waals surface area contributed by atoms with Crippen molar-refractivity contribution < 1.29 is 14.8 Å². The van der Waals surface area contributed by atoms with Gasteiger partial charge in [0.1, 0.15) is 16.9 Å². The Morgan fingerprint density at radius 2 is 2.33 bits per heavy atom. The standard InChI is InChI=1S/C11H10N2O4S/c1-2-10(11(14)15)18-8-3-4-9(13(16)17)7(5-8)6-12/h3-5,10H,2H2,1H3,(H,14,15). The predicted molar refractivity (Wildman–Crippen MR) is 65.4 cm³/mol. The highest BCUT2D eigenvalue weighted by molar-refractivity contribution is 8.00. The maximum atomic E-state index is 10.9. The first kappa shape index (κ1) is 14.0. The van der Waals surface area contributed by atoms with Crippen LogP contribution in [0.25, 0.3) is 0 Å². The molecule has 18 heavy (non-hydrogen) atoms. The summed E-state index contributed by atoms with van der Waals surface area (Å²) in [5.74, 6) is -0.945. The van der Waals surface area contributed by atoms with E-state index in [-0.39, 0.29) is 11.3 Å². The summed E-state index contributed by atoms with van der Waals surface area (Å²) >= 11 is 1.07. The number of nitro groups is 1. The van der Waals surface area contributed by atoms with E-state index in [4.69, 9.17) is 10.4 Å². The van der Waals surface area contributed by atoms with Gasteiger partial charge in [0.2, 0.25) is 0 Å². The SMILES string of the molecule is CCC(Sc1ccc([N+](=O)[O-])c(C#N)c1)C(=O)O. The summed E-state index contributed by atoms with van der Waals surface area (Å²) < 4.78 is 0. The largest absolute Gasteiger partial charge is 0.480 e. The molecule has 0 fully saturated rings. The monoisotopic (exact) mass is 266 g/mol. The van der Waals surface area contributed by atoms with Crippen molar-refractivity contribution in [3.8, 4) is 6.07 Å². The summed E-state index contributed by atoms with van der Waals surface area (Å²) in [4.78, 5) is 21.4. The number of carbonyl (C=O) groups is 1. The molecule has 0 radical (unpaired) electrons. The second kappa shape index (κ2) is 6.02. The average Bonchev–Trinajstić information content (AvgIpc) is 2.34. The summed E-state index contributed by atoms with van der Waals surface area (Å²) in [6, 6.07) is 5.75. The van der Waals surface area contributed by atoms with Crippen LogP contribution in [0.5, 0.6) is 0 Å². The van der Waals surface area contributed by atoms with Crippen molar-refractivity contribution in [2.75, 3.05) is 0 Å². The van der Waals surface area contributed by atoms with Gasteiger partial charge < -0.3 is 5.11 Å². The molecule has 0 aliphatic heterocycles. The van der Waals surface area contributed by atoms with E-state index in [0.717, 1.165) is 11.8 Å². The van der Waals surface area contributed by atoms with Crippen LogP contribution in [0.4, 0.5) is 5.69 Å². The van der Waals surface area contributed by atoms with Gasteiger partial charge in [-0.3, -0.25) is 14.9 Å². The van der Waals surface area contributed by atoms with Crippen LogP contribution in [-0.4, -0.2) is 21.2 Å². The van der Waals surface area contributed by atoms with Crippen LogP contribution in [0, 0.1) is 21.4 Å². The van der Waals surface area contributed by atoms with E-state index < -0.39 is 16.1 Å². The summed E-state index contributed by atoms with van der Waals surface area (Å²) in [7, 11) is 0. The normalized spacial score (nSPS) is 11.6. The van der Waals surface area contributed by atoms with E-state index in [2.05, 4.69) is 0 Å². The lowest BCUT2D eigenvalue weighted by atomic mass is 10.2. The number of hydrogen-bond donors (Lipinski definition) is 1. The molecule has 1 aromatic rings. The number of hydrogen-bond acceptors (Lipinski definition) is 5. The van der Waals surface area contributed by atoms with Crippen LogP contribution < -0.4 is 0 Å². The topological polar surface area (TPSA) is 104 Å². The van der Waals surface area contributed by atoms with Gasteiger partial charge in [-0.05, 0) is 18.6 Å². The highest BCUT2D eigenvalue weighted by Gasteiger charge is 2.19. The molecule has 0 aliphatic rings. The number of aliphatic carboxylic acids is 1. The van der Waals surface area contributed by atoms with Gasteiger partial charge in [-0.2, -0.15) is 5.26 Å². The Hall–Kier alpha value is -2.07. The summed E-state index contributed by atoms with van der Waals surface area (Å²) in [5.41, 5.74) is -0.338. The minimum absolute atomic E-state index is 0.0646. The summed E-state index contributed by atoms with van der Waals surface area (Å²) in [6.07, 6.45) is 0.429. The number of nitriles is 1. The van der Waals surface area contributed by atoms with Crippen LogP contribution in [-0.2, 0) is 4.79 Å². The third-order valence-electron chi connectivity index (χ3n) is 2.21. The number of benzene rings is 1. The smallest absolute Gasteiger partial charge is 0.316 e. The molecule has 0 saturated carbocycles. The fourth-order valence-electron chi connectivity index (χ4n) is 1.31. The van der Waals surface area contributed by atoms with Gasteiger partial charge in [-0.25, -0.2) is 0 Å². The van der Waals surface area contributed by atoms with Crippen molar-refractivity contribution in [1.82, 2.24) is 0 Å². The third kappa shape index (κ3) is 3.21. The second-order valence-corrected chi connectivity index (χ2v) is 4.68.